The number of ether oxygens (including phenoxy) is 1. The summed E-state index contributed by atoms with van der Waals surface area (Å²) in [5, 5.41) is 2.83. The van der Waals surface area contributed by atoms with Gasteiger partial charge in [0, 0.05) is 11.4 Å². The van der Waals surface area contributed by atoms with Crippen LogP contribution in [0.4, 0.5) is 0 Å². The first-order chi connectivity index (χ1) is 9.09. The van der Waals surface area contributed by atoms with Gasteiger partial charge in [-0.15, -0.1) is 11.8 Å². The Morgan fingerprint density at radius 2 is 2.16 bits per heavy atom. The van der Waals surface area contributed by atoms with Crippen LogP contribution in [0.5, 0.6) is 0 Å². The van der Waals surface area contributed by atoms with Crippen LogP contribution in [-0.4, -0.2) is 31.4 Å². The molecule has 1 aromatic rings. The van der Waals surface area contributed by atoms with Gasteiger partial charge in [0.2, 0.25) is 5.91 Å². The quantitative estimate of drug-likeness (QED) is 0.452. The normalized spacial score (nSPS) is 10.2. The zero-order chi connectivity index (χ0) is 14.1. The summed E-state index contributed by atoms with van der Waals surface area (Å²) in [6, 6.07) is 8.06. The van der Waals surface area contributed by atoms with Crippen molar-refractivity contribution in [2.75, 3.05) is 25.5 Å². The van der Waals surface area contributed by atoms with E-state index in [0.717, 1.165) is 10.5 Å². The van der Waals surface area contributed by atoms with Crippen LogP contribution in [0.3, 0.4) is 0 Å². The van der Waals surface area contributed by atoms with Crippen LogP contribution < -0.4 is 5.32 Å². The van der Waals surface area contributed by atoms with E-state index in [9.17, 15) is 4.79 Å². The van der Waals surface area contributed by atoms with Crippen LogP contribution in [0.15, 0.2) is 41.3 Å². The highest BCUT2D eigenvalue weighted by Crippen LogP contribution is 2.21. The van der Waals surface area contributed by atoms with Crippen LogP contribution in [0.1, 0.15) is 12.5 Å². The third-order valence-corrected chi connectivity index (χ3v) is 3.54. The monoisotopic (exact) mass is 279 g/mol. The lowest BCUT2D eigenvalue weighted by Crippen LogP contribution is -2.28. The number of hydrogen-bond donors (Lipinski definition) is 1. The zero-order valence-corrected chi connectivity index (χ0v) is 12.4. The third-order valence-electron chi connectivity index (χ3n) is 2.37. The lowest BCUT2D eigenvalue weighted by atomic mass is 10.2. The molecule has 1 aromatic carbocycles. The molecule has 0 heterocycles. The minimum atomic E-state index is 0.0344. The summed E-state index contributed by atoms with van der Waals surface area (Å²) in [7, 11) is 0. The predicted molar refractivity (Wildman–Crippen MR) is 80.5 cm³/mol. The zero-order valence-electron chi connectivity index (χ0n) is 11.6. The van der Waals surface area contributed by atoms with E-state index in [1.165, 1.54) is 5.56 Å². The Hall–Kier alpha value is -1.26. The Bertz CT molecular complexity index is 432. The Balaban J connectivity index is 2.15. The first-order valence-corrected chi connectivity index (χ1v) is 7.25. The molecular formula is C15H21NO2S. The molecule has 0 saturated carbocycles. The van der Waals surface area contributed by atoms with Crippen molar-refractivity contribution in [1.82, 2.24) is 5.32 Å². The van der Waals surface area contributed by atoms with Crippen molar-refractivity contribution in [3.63, 3.8) is 0 Å². The molecule has 3 nitrogen and oxygen atoms in total. The molecule has 0 bridgehead atoms. The average molecular weight is 279 g/mol. The SMILES string of the molecule is C=C(C)COCCNC(=O)CSc1ccccc1C. The van der Waals surface area contributed by atoms with E-state index in [2.05, 4.69) is 11.9 Å². The van der Waals surface area contributed by atoms with Crippen LogP contribution in [0.25, 0.3) is 0 Å². The number of carbonyl (C=O) groups excluding carboxylic acids is 1. The fraction of sp³-hybridized carbons (Fsp3) is 0.400. The standard InChI is InChI=1S/C15H21NO2S/c1-12(2)10-18-9-8-16-15(17)11-19-14-7-5-4-6-13(14)3/h4-7H,1,8-11H2,2-3H3,(H,16,17). The summed E-state index contributed by atoms with van der Waals surface area (Å²) >= 11 is 1.56. The number of amides is 1. The molecule has 0 aliphatic carbocycles. The molecule has 1 N–H and O–H groups in total. The second-order valence-electron chi connectivity index (χ2n) is 4.41. The lowest BCUT2D eigenvalue weighted by Gasteiger charge is -2.07. The number of hydrogen-bond acceptors (Lipinski definition) is 3. The van der Waals surface area contributed by atoms with Gasteiger partial charge in [-0.1, -0.05) is 30.4 Å². The van der Waals surface area contributed by atoms with E-state index in [-0.39, 0.29) is 5.91 Å². The molecule has 0 unspecified atom stereocenters. The molecule has 4 heteroatoms. The maximum atomic E-state index is 11.6. The Morgan fingerprint density at radius 3 is 2.84 bits per heavy atom. The predicted octanol–water partition coefficient (Wildman–Crippen LogP) is 2.80. The van der Waals surface area contributed by atoms with E-state index < -0.39 is 0 Å². The fourth-order valence-corrected chi connectivity index (χ4v) is 2.28. The molecule has 0 aliphatic rings. The van der Waals surface area contributed by atoms with Gasteiger partial charge in [0.1, 0.15) is 0 Å². The molecule has 0 spiro atoms. The van der Waals surface area contributed by atoms with E-state index in [4.69, 9.17) is 4.74 Å². The van der Waals surface area contributed by atoms with Crippen molar-refractivity contribution in [2.45, 2.75) is 18.7 Å². The van der Waals surface area contributed by atoms with Gasteiger partial charge in [-0.3, -0.25) is 4.79 Å². The minimum absolute atomic E-state index is 0.0344. The second-order valence-corrected chi connectivity index (χ2v) is 5.43. The first kappa shape index (κ1) is 15.8. The van der Waals surface area contributed by atoms with Crippen molar-refractivity contribution < 1.29 is 9.53 Å². The van der Waals surface area contributed by atoms with Gasteiger partial charge < -0.3 is 10.1 Å². The van der Waals surface area contributed by atoms with Gasteiger partial charge in [0.25, 0.3) is 0 Å². The Kier molecular flexibility index (Phi) is 7.30. The van der Waals surface area contributed by atoms with Gasteiger partial charge >= 0.3 is 0 Å². The first-order valence-electron chi connectivity index (χ1n) is 6.27. The largest absolute Gasteiger partial charge is 0.375 e. The highest BCUT2D eigenvalue weighted by Gasteiger charge is 2.03. The molecule has 1 amide bonds. The molecule has 0 fully saturated rings. The molecule has 0 atom stereocenters. The van der Waals surface area contributed by atoms with Crippen LogP contribution in [0, 0.1) is 6.92 Å². The second kappa shape index (κ2) is 8.77. The summed E-state index contributed by atoms with van der Waals surface area (Å²) in [5.74, 6) is 0.470. The molecule has 19 heavy (non-hydrogen) atoms. The average Bonchev–Trinajstić information content (AvgIpc) is 2.37. The summed E-state index contributed by atoms with van der Waals surface area (Å²) in [6.45, 7) is 9.32. The highest BCUT2D eigenvalue weighted by molar-refractivity contribution is 8.00. The van der Waals surface area contributed by atoms with E-state index >= 15 is 0 Å². The van der Waals surface area contributed by atoms with Gasteiger partial charge in [-0.2, -0.15) is 0 Å². The van der Waals surface area contributed by atoms with Crippen molar-refractivity contribution in [2.24, 2.45) is 0 Å². The van der Waals surface area contributed by atoms with Gasteiger partial charge in [0.05, 0.1) is 19.0 Å². The molecule has 104 valence electrons. The molecule has 0 aromatic heterocycles. The maximum absolute atomic E-state index is 11.6. The summed E-state index contributed by atoms with van der Waals surface area (Å²) in [4.78, 5) is 12.8. The number of aryl methyl sites for hydroxylation is 1. The fourth-order valence-electron chi connectivity index (χ4n) is 1.42. The topological polar surface area (TPSA) is 38.3 Å². The molecule has 0 radical (unpaired) electrons. The molecular weight excluding hydrogens is 258 g/mol. The van der Waals surface area contributed by atoms with Gasteiger partial charge in [-0.25, -0.2) is 0 Å². The van der Waals surface area contributed by atoms with E-state index in [1.54, 1.807) is 11.8 Å². The number of benzene rings is 1. The Labute approximate surface area is 119 Å². The lowest BCUT2D eigenvalue weighted by molar-refractivity contribution is -0.118. The van der Waals surface area contributed by atoms with Crippen LogP contribution in [0.2, 0.25) is 0 Å². The number of nitrogens with one attached hydrogen (secondary N) is 1. The summed E-state index contributed by atoms with van der Waals surface area (Å²) in [5.41, 5.74) is 2.19. The summed E-state index contributed by atoms with van der Waals surface area (Å²) < 4.78 is 5.31. The van der Waals surface area contributed by atoms with Crippen LogP contribution in [-0.2, 0) is 9.53 Å². The molecule has 0 saturated heterocycles. The number of carbonyl (C=O) groups is 1. The highest BCUT2D eigenvalue weighted by atomic mass is 32.2. The van der Waals surface area contributed by atoms with Gasteiger partial charge in [-0.05, 0) is 25.5 Å². The molecule has 1 rings (SSSR count). The van der Waals surface area contributed by atoms with Crippen molar-refractivity contribution in [1.29, 1.82) is 0 Å². The van der Waals surface area contributed by atoms with Gasteiger partial charge in [0.15, 0.2) is 0 Å². The Morgan fingerprint density at radius 1 is 1.42 bits per heavy atom. The summed E-state index contributed by atoms with van der Waals surface area (Å²) in [6.07, 6.45) is 0. The number of rotatable bonds is 8. The third kappa shape index (κ3) is 7.03. The van der Waals surface area contributed by atoms with E-state index in [0.29, 0.717) is 25.5 Å². The minimum Gasteiger partial charge on any atom is -0.375 e. The molecule has 0 aliphatic heterocycles. The van der Waals surface area contributed by atoms with E-state index in [1.807, 2.05) is 38.1 Å². The van der Waals surface area contributed by atoms with Crippen molar-refractivity contribution in [3.05, 3.63) is 42.0 Å². The van der Waals surface area contributed by atoms with Crippen LogP contribution >= 0.6 is 11.8 Å². The maximum Gasteiger partial charge on any atom is 0.230 e. The van der Waals surface area contributed by atoms with Crippen molar-refractivity contribution in [3.8, 4) is 0 Å². The smallest absolute Gasteiger partial charge is 0.230 e. The number of thioether (sulfide) groups is 1. The van der Waals surface area contributed by atoms with Crippen molar-refractivity contribution >= 4 is 17.7 Å².